The van der Waals surface area contributed by atoms with E-state index < -0.39 is 0 Å². The molecular weight excluding hydrogens is 430 g/mol. The Bertz CT molecular complexity index is 1200. The summed E-state index contributed by atoms with van der Waals surface area (Å²) in [6, 6.07) is 16.2. The highest BCUT2D eigenvalue weighted by atomic mass is 79.9. The molecule has 0 unspecified atom stereocenters. The van der Waals surface area contributed by atoms with Crippen LogP contribution in [-0.2, 0) is 4.79 Å². The first kappa shape index (κ1) is 18.3. The number of methoxy groups -OCH3 is 1. The summed E-state index contributed by atoms with van der Waals surface area (Å²) >= 11 is 3.45. The zero-order valence-corrected chi connectivity index (χ0v) is 17.5. The second-order valence-electron chi connectivity index (χ2n) is 7.53. The number of phenolic OH excluding ortho intramolecular Hbond substituents is 1. The van der Waals surface area contributed by atoms with E-state index in [9.17, 15) is 9.90 Å². The zero-order chi connectivity index (χ0) is 20.1. The monoisotopic (exact) mass is 449 g/mol. The Morgan fingerprint density at radius 2 is 1.97 bits per heavy atom. The average Bonchev–Trinajstić information content (AvgIpc) is 2.74. The first-order valence-electron chi connectivity index (χ1n) is 9.69. The van der Waals surface area contributed by atoms with Crippen LogP contribution in [0.25, 0.3) is 10.8 Å². The number of Topliss-reactive ketones (excluding diaryl/α,β-unsaturated/α-hetero) is 1. The molecule has 5 rings (SSSR count). The fourth-order valence-electron chi connectivity index (χ4n) is 4.60. The summed E-state index contributed by atoms with van der Waals surface area (Å²) in [5.41, 5.74) is 4.90. The van der Waals surface area contributed by atoms with E-state index in [2.05, 4.69) is 45.5 Å². The van der Waals surface area contributed by atoms with Crippen molar-refractivity contribution in [3.05, 3.63) is 75.4 Å². The predicted molar refractivity (Wildman–Crippen MR) is 118 cm³/mol. The third-order valence-electron chi connectivity index (χ3n) is 5.89. The molecular formula is C24H20BrNO3. The van der Waals surface area contributed by atoms with Crippen LogP contribution < -0.4 is 10.1 Å². The molecule has 1 atom stereocenters. The number of allylic oxidation sites excluding steroid dienone is 2. The highest BCUT2D eigenvalue weighted by Gasteiger charge is 2.36. The normalized spacial score (nSPS) is 18.3. The number of nitrogens with one attached hydrogen (secondary N) is 1. The van der Waals surface area contributed by atoms with Crippen molar-refractivity contribution in [3.8, 4) is 11.5 Å². The fourth-order valence-corrected chi connectivity index (χ4v) is 5.06. The lowest BCUT2D eigenvalue weighted by Gasteiger charge is -2.35. The van der Waals surface area contributed by atoms with Gasteiger partial charge in [-0.05, 0) is 68.9 Å². The highest BCUT2D eigenvalue weighted by Crippen LogP contribution is 2.50. The number of carbonyl (C=O) groups excluding carboxylic acids is 1. The lowest BCUT2D eigenvalue weighted by molar-refractivity contribution is -0.116. The van der Waals surface area contributed by atoms with Gasteiger partial charge in [0.05, 0.1) is 11.6 Å². The fraction of sp³-hybridized carbons (Fsp3) is 0.208. The number of hydrogen-bond donors (Lipinski definition) is 2. The SMILES string of the molecule is COc1cc([C@H]2C3=C(CCCC3=O)Nc3ccc4ccccc4c32)cc(Br)c1O. The number of phenols is 1. The summed E-state index contributed by atoms with van der Waals surface area (Å²) in [5.74, 6) is 0.420. The van der Waals surface area contributed by atoms with Crippen LogP contribution in [0.1, 0.15) is 36.3 Å². The maximum atomic E-state index is 13.1. The van der Waals surface area contributed by atoms with Crippen LogP contribution in [0.4, 0.5) is 5.69 Å². The number of aromatic hydroxyl groups is 1. The number of anilines is 1. The number of carbonyl (C=O) groups is 1. The van der Waals surface area contributed by atoms with Crippen LogP contribution >= 0.6 is 15.9 Å². The van der Waals surface area contributed by atoms with Crippen LogP contribution in [-0.4, -0.2) is 18.0 Å². The molecule has 4 nitrogen and oxygen atoms in total. The summed E-state index contributed by atoms with van der Waals surface area (Å²) in [6.07, 6.45) is 2.29. The van der Waals surface area contributed by atoms with Crippen LogP contribution in [0.2, 0.25) is 0 Å². The molecule has 0 aromatic heterocycles. The quantitative estimate of drug-likeness (QED) is 0.512. The molecule has 5 heteroatoms. The van der Waals surface area contributed by atoms with Crippen LogP contribution in [0.3, 0.4) is 0 Å². The molecule has 0 fully saturated rings. The van der Waals surface area contributed by atoms with Gasteiger partial charge in [0, 0.05) is 29.3 Å². The Morgan fingerprint density at radius 3 is 2.79 bits per heavy atom. The van der Waals surface area contributed by atoms with Gasteiger partial charge in [-0.2, -0.15) is 0 Å². The van der Waals surface area contributed by atoms with Gasteiger partial charge in [0.2, 0.25) is 0 Å². The van der Waals surface area contributed by atoms with Gasteiger partial charge in [-0.25, -0.2) is 0 Å². The first-order chi connectivity index (χ1) is 14.1. The smallest absolute Gasteiger partial charge is 0.172 e. The van der Waals surface area contributed by atoms with Gasteiger partial charge in [0.1, 0.15) is 0 Å². The standard InChI is InChI=1S/C24H20BrNO3/c1-29-20-12-14(11-16(25)24(20)28)21-22-15-6-3-2-5-13(15)9-10-18(22)26-17-7-4-8-19(27)23(17)21/h2-3,5-6,9-12,21,26,28H,4,7-8H2,1H3/t21-/m1/s1. The summed E-state index contributed by atoms with van der Waals surface area (Å²) < 4.78 is 5.95. The number of fused-ring (bicyclic) bond motifs is 3. The molecule has 3 aromatic rings. The third kappa shape index (κ3) is 2.84. The molecule has 2 N–H and O–H groups in total. The van der Waals surface area contributed by atoms with E-state index in [0.29, 0.717) is 16.6 Å². The van der Waals surface area contributed by atoms with E-state index >= 15 is 0 Å². The minimum absolute atomic E-state index is 0.0625. The lowest BCUT2D eigenvalue weighted by Crippen LogP contribution is -2.27. The van der Waals surface area contributed by atoms with Crippen molar-refractivity contribution in [2.45, 2.75) is 25.2 Å². The number of ketones is 1. The van der Waals surface area contributed by atoms with E-state index in [1.807, 2.05) is 24.3 Å². The summed E-state index contributed by atoms with van der Waals surface area (Å²) in [5, 5.41) is 16.1. The first-order valence-corrected chi connectivity index (χ1v) is 10.5. The van der Waals surface area contributed by atoms with E-state index in [1.54, 1.807) is 0 Å². The molecule has 0 saturated heterocycles. The molecule has 1 aliphatic carbocycles. The molecule has 0 bridgehead atoms. The Labute approximate surface area is 177 Å². The van der Waals surface area contributed by atoms with Crippen molar-refractivity contribution >= 4 is 38.2 Å². The summed E-state index contributed by atoms with van der Waals surface area (Å²) in [7, 11) is 1.54. The molecule has 1 aliphatic heterocycles. The lowest BCUT2D eigenvalue weighted by atomic mass is 9.74. The maximum Gasteiger partial charge on any atom is 0.172 e. The van der Waals surface area contributed by atoms with Crippen LogP contribution in [0.5, 0.6) is 11.5 Å². The Balaban J connectivity index is 1.84. The Kier molecular flexibility index (Phi) is 4.36. The van der Waals surface area contributed by atoms with Gasteiger partial charge in [0.25, 0.3) is 0 Å². The molecule has 0 radical (unpaired) electrons. The Hall–Kier alpha value is -2.79. The van der Waals surface area contributed by atoms with Gasteiger partial charge in [-0.15, -0.1) is 0 Å². The van der Waals surface area contributed by atoms with Gasteiger partial charge >= 0.3 is 0 Å². The average molecular weight is 450 g/mol. The molecule has 2 aliphatic rings. The predicted octanol–water partition coefficient (Wildman–Crippen LogP) is 5.88. The zero-order valence-electron chi connectivity index (χ0n) is 16.0. The number of hydrogen-bond acceptors (Lipinski definition) is 4. The molecule has 0 spiro atoms. The van der Waals surface area contributed by atoms with Crippen molar-refractivity contribution in [1.82, 2.24) is 0 Å². The number of halogens is 1. The van der Waals surface area contributed by atoms with Crippen molar-refractivity contribution in [2.75, 3.05) is 12.4 Å². The van der Waals surface area contributed by atoms with Gasteiger partial charge in [-0.3, -0.25) is 4.79 Å². The van der Waals surface area contributed by atoms with E-state index in [1.165, 1.54) is 7.11 Å². The Morgan fingerprint density at radius 1 is 1.14 bits per heavy atom. The second-order valence-corrected chi connectivity index (χ2v) is 8.38. The highest BCUT2D eigenvalue weighted by molar-refractivity contribution is 9.10. The molecule has 146 valence electrons. The number of benzene rings is 3. The van der Waals surface area contributed by atoms with Gasteiger partial charge in [-0.1, -0.05) is 30.3 Å². The summed E-state index contributed by atoms with van der Waals surface area (Å²) in [4.78, 5) is 13.1. The molecule has 0 saturated carbocycles. The second kappa shape index (κ2) is 6.92. The molecule has 3 aromatic carbocycles. The minimum atomic E-state index is -0.217. The van der Waals surface area contributed by atoms with Crippen molar-refractivity contribution in [1.29, 1.82) is 0 Å². The topological polar surface area (TPSA) is 58.6 Å². The van der Waals surface area contributed by atoms with Crippen molar-refractivity contribution in [3.63, 3.8) is 0 Å². The largest absolute Gasteiger partial charge is 0.503 e. The number of ether oxygens (including phenoxy) is 1. The maximum absolute atomic E-state index is 13.1. The molecule has 0 amide bonds. The third-order valence-corrected chi connectivity index (χ3v) is 6.50. The van der Waals surface area contributed by atoms with E-state index in [0.717, 1.165) is 51.7 Å². The minimum Gasteiger partial charge on any atom is -0.503 e. The molecule has 1 heterocycles. The van der Waals surface area contributed by atoms with Crippen molar-refractivity contribution in [2.24, 2.45) is 0 Å². The van der Waals surface area contributed by atoms with Gasteiger partial charge < -0.3 is 15.2 Å². The number of rotatable bonds is 2. The van der Waals surface area contributed by atoms with E-state index in [-0.39, 0.29) is 17.5 Å². The van der Waals surface area contributed by atoms with Crippen molar-refractivity contribution < 1.29 is 14.6 Å². The van der Waals surface area contributed by atoms with E-state index in [4.69, 9.17) is 4.74 Å². The van der Waals surface area contributed by atoms with Gasteiger partial charge in [0.15, 0.2) is 17.3 Å². The van der Waals surface area contributed by atoms with Crippen LogP contribution in [0.15, 0.2) is 64.3 Å². The molecule has 29 heavy (non-hydrogen) atoms. The van der Waals surface area contributed by atoms with Crippen LogP contribution in [0, 0.1) is 0 Å². The summed E-state index contributed by atoms with van der Waals surface area (Å²) in [6.45, 7) is 0.